The fraction of sp³-hybridized carbons (Fsp3) is 0.190. The molecule has 1 aromatic heterocycles. The fourth-order valence-electron chi connectivity index (χ4n) is 2.98. The zero-order chi connectivity index (χ0) is 18.8. The van der Waals surface area contributed by atoms with E-state index in [4.69, 9.17) is 4.84 Å². The average molecular weight is 348 g/mol. The first-order chi connectivity index (χ1) is 12.4. The minimum absolute atomic E-state index is 0.118. The fourth-order valence-corrected chi connectivity index (χ4v) is 2.98. The number of nitrogens with zero attached hydrogens (tertiary/aromatic N) is 2. The molecule has 0 atom stereocenters. The van der Waals surface area contributed by atoms with Crippen molar-refractivity contribution in [3.63, 3.8) is 0 Å². The van der Waals surface area contributed by atoms with E-state index in [1.807, 2.05) is 61.9 Å². The molecule has 0 fully saturated rings. The third-order valence-corrected chi connectivity index (χ3v) is 4.27. The second kappa shape index (κ2) is 6.96. The lowest BCUT2D eigenvalue weighted by atomic mass is 9.97. The van der Waals surface area contributed by atoms with Crippen LogP contribution in [-0.2, 0) is 16.7 Å². The van der Waals surface area contributed by atoms with Gasteiger partial charge in [0.15, 0.2) is 5.71 Å². The Bertz CT molecular complexity index is 1040. The number of aromatic nitrogens is 1. The average Bonchev–Trinajstić information content (AvgIpc) is 2.92. The van der Waals surface area contributed by atoms with Crippen LogP contribution in [0.2, 0.25) is 0 Å². The van der Waals surface area contributed by atoms with Gasteiger partial charge in [0.25, 0.3) is 0 Å². The molecule has 132 valence electrons. The molecule has 0 aliphatic carbocycles. The van der Waals surface area contributed by atoms with Crippen LogP contribution < -0.4 is 0 Å². The molecule has 0 spiro atoms. The number of Topliss-reactive ketones (excluding diaryl/α,β-unsaturated/α-hetero) is 1. The van der Waals surface area contributed by atoms with Gasteiger partial charge in [-0.05, 0) is 31.5 Å². The number of carbonyl (C=O) groups is 2. The molecule has 0 bridgehead atoms. The van der Waals surface area contributed by atoms with Gasteiger partial charge < -0.3 is 9.40 Å². The van der Waals surface area contributed by atoms with E-state index in [1.165, 1.54) is 6.92 Å². The van der Waals surface area contributed by atoms with Gasteiger partial charge in [0, 0.05) is 42.2 Å². The third kappa shape index (κ3) is 3.28. The maximum absolute atomic E-state index is 13.3. The van der Waals surface area contributed by atoms with E-state index >= 15 is 0 Å². The molecule has 0 aliphatic rings. The van der Waals surface area contributed by atoms with Crippen LogP contribution in [0.15, 0.2) is 53.8 Å². The van der Waals surface area contributed by atoms with Gasteiger partial charge in [0.05, 0.1) is 0 Å². The minimum atomic E-state index is -0.572. The SMILES string of the molecule is CC(=O)O/N=C(/C(=O)c1cn(C)c2ccc(C)cc12)c1ccccc1C. The lowest BCUT2D eigenvalue weighted by molar-refractivity contribution is -0.140. The number of benzene rings is 2. The van der Waals surface area contributed by atoms with Gasteiger partial charge in [-0.15, -0.1) is 0 Å². The van der Waals surface area contributed by atoms with E-state index in [2.05, 4.69) is 5.16 Å². The van der Waals surface area contributed by atoms with E-state index in [0.717, 1.165) is 22.0 Å². The molecule has 1 heterocycles. The number of hydrogen-bond donors (Lipinski definition) is 0. The highest BCUT2D eigenvalue weighted by molar-refractivity contribution is 6.53. The molecule has 0 radical (unpaired) electrons. The van der Waals surface area contributed by atoms with Crippen molar-refractivity contribution in [2.75, 3.05) is 0 Å². The first kappa shape index (κ1) is 17.6. The summed E-state index contributed by atoms with van der Waals surface area (Å²) >= 11 is 0. The van der Waals surface area contributed by atoms with Crippen LogP contribution in [0.25, 0.3) is 10.9 Å². The molecule has 0 unspecified atom stereocenters. The lowest BCUT2D eigenvalue weighted by Gasteiger charge is -2.08. The Kier molecular flexibility index (Phi) is 4.71. The minimum Gasteiger partial charge on any atom is -0.350 e. The van der Waals surface area contributed by atoms with Crippen LogP contribution in [0.3, 0.4) is 0 Å². The molecule has 0 amide bonds. The Morgan fingerprint density at radius 2 is 1.77 bits per heavy atom. The Hall–Kier alpha value is -3.21. The standard InChI is InChI=1S/C21H20N2O3/c1-13-9-10-19-17(11-13)18(12-23(19)4)21(25)20(22-26-15(3)24)16-8-6-5-7-14(16)2/h5-12H,1-4H3/b22-20+. The van der Waals surface area contributed by atoms with Gasteiger partial charge in [0.2, 0.25) is 5.78 Å². The van der Waals surface area contributed by atoms with Gasteiger partial charge in [0.1, 0.15) is 0 Å². The monoisotopic (exact) mass is 348 g/mol. The van der Waals surface area contributed by atoms with E-state index in [-0.39, 0.29) is 11.5 Å². The highest BCUT2D eigenvalue weighted by atomic mass is 16.7. The highest BCUT2D eigenvalue weighted by Crippen LogP contribution is 2.24. The van der Waals surface area contributed by atoms with Gasteiger partial charge in [-0.25, -0.2) is 4.79 Å². The van der Waals surface area contributed by atoms with Crippen LogP contribution in [-0.4, -0.2) is 22.0 Å². The summed E-state index contributed by atoms with van der Waals surface area (Å²) in [4.78, 5) is 29.4. The summed E-state index contributed by atoms with van der Waals surface area (Å²) in [5, 5.41) is 4.73. The summed E-state index contributed by atoms with van der Waals surface area (Å²) in [7, 11) is 1.89. The smallest absolute Gasteiger partial charge is 0.332 e. The van der Waals surface area contributed by atoms with Crippen molar-refractivity contribution in [2.24, 2.45) is 12.2 Å². The second-order valence-electron chi connectivity index (χ2n) is 6.34. The first-order valence-electron chi connectivity index (χ1n) is 8.30. The highest BCUT2D eigenvalue weighted by Gasteiger charge is 2.23. The Balaban J connectivity index is 2.18. The molecule has 0 saturated heterocycles. The molecule has 26 heavy (non-hydrogen) atoms. The molecule has 3 rings (SSSR count). The molecular formula is C21H20N2O3. The largest absolute Gasteiger partial charge is 0.350 e. The number of rotatable bonds is 4. The lowest BCUT2D eigenvalue weighted by Crippen LogP contribution is -2.18. The number of hydrogen-bond acceptors (Lipinski definition) is 4. The maximum atomic E-state index is 13.3. The van der Waals surface area contributed by atoms with Crippen molar-refractivity contribution >= 4 is 28.4 Å². The van der Waals surface area contributed by atoms with Crippen LogP contribution in [0.4, 0.5) is 0 Å². The molecule has 0 N–H and O–H groups in total. The number of oxime groups is 1. The van der Waals surface area contributed by atoms with Crippen molar-refractivity contribution < 1.29 is 14.4 Å². The van der Waals surface area contributed by atoms with Crippen LogP contribution >= 0.6 is 0 Å². The van der Waals surface area contributed by atoms with Gasteiger partial charge in [-0.2, -0.15) is 0 Å². The topological polar surface area (TPSA) is 60.7 Å². The second-order valence-corrected chi connectivity index (χ2v) is 6.34. The summed E-state index contributed by atoms with van der Waals surface area (Å²) in [6, 6.07) is 13.4. The zero-order valence-corrected chi connectivity index (χ0v) is 15.2. The summed E-state index contributed by atoms with van der Waals surface area (Å²) in [6.07, 6.45) is 1.79. The molecule has 5 nitrogen and oxygen atoms in total. The molecule has 0 aliphatic heterocycles. The summed E-state index contributed by atoms with van der Waals surface area (Å²) in [5.74, 6) is -0.852. The van der Waals surface area contributed by atoms with Gasteiger partial charge in [-0.3, -0.25) is 4.79 Å². The predicted octanol–water partition coefficient (Wildman–Crippen LogP) is 3.95. The van der Waals surface area contributed by atoms with Crippen molar-refractivity contribution in [2.45, 2.75) is 20.8 Å². The normalized spacial score (nSPS) is 11.6. The van der Waals surface area contributed by atoms with Crippen LogP contribution in [0, 0.1) is 13.8 Å². The third-order valence-electron chi connectivity index (χ3n) is 4.27. The Morgan fingerprint density at radius 3 is 2.46 bits per heavy atom. The van der Waals surface area contributed by atoms with Crippen molar-refractivity contribution in [3.05, 3.63) is 70.9 Å². The number of ketones is 1. The number of carbonyl (C=O) groups excluding carboxylic acids is 2. The van der Waals surface area contributed by atoms with Gasteiger partial charge in [-0.1, -0.05) is 41.1 Å². The summed E-state index contributed by atoms with van der Waals surface area (Å²) in [5.41, 5.74) is 4.18. The van der Waals surface area contributed by atoms with E-state index in [0.29, 0.717) is 11.1 Å². The Morgan fingerprint density at radius 1 is 1.04 bits per heavy atom. The van der Waals surface area contributed by atoms with Crippen molar-refractivity contribution in [1.29, 1.82) is 0 Å². The van der Waals surface area contributed by atoms with Crippen molar-refractivity contribution in [3.8, 4) is 0 Å². The van der Waals surface area contributed by atoms with Gasteiger partial charge >= 0.3 is 5.97 Å². The van der Waals surface area contributed by atoms with E-state index < -0.39 is 5.97 Å². The van der Waals surface area contributed by atoms with Crippen LogP contribution in [0.1, 0.15) is 34.0 Å². The number of aryl methyl sites for hydroxylation is 3. The van der Waals surface area contributed by atoms with E-state index in [1.54, 1.807) is 12.3 Å². The molecule has 5 heteroatoms. The quantitative estimate of drug-likeness (QED) is 0.310. The Labute approximate surface area is 151 Å². The molecule has 3 aromatic rings. The first-order valence-corrected chi connectivity index (χ1v) is 8.30. The zero-order valence-electron chi connectivity index (χ0n) is 15.2. The van der Waals surface area contributed by atoms with Crippen molar-refractivity contribution in [1.82, 2.24) is 4.57 Å². The molecular weight excluding hydrogens is 328 g/mol. The van der Waals surface area contributed by atoms with E-state index in [9.17, 15) is 9.59 Å². The number of fused-ring (bicyclic) bond motifs is 1. The predicted molar refractivity (Wildman–Crippen MR) is 101 cm³/mol. The maximum Gasteiger partial charge on any atom is 0.332 e. The summed E-state index contributed by atoms with van der Waals surface area (Å²) < 4.78 is 1.91. The van der Waals surface area contributed by atoms with Crippen LogP contribution in [0.5, 0.6) is 0 Å². The summed E-state index contributed by atoms with van der Waals surface area (Å²) in [6.45, 7) is 5.12. The molecule has 2 aromatic carbocycles. The molecule has 0 saturated carbocycles.